The molecule has 1 aliphatic heterocycles. The Hall–Kier alpha value is -0.650. The fraction of sp³-hybridized carbons (Fsp3) is 0.857. The van der Waals surface area contributed by atoms with E-state index in [1.807, 2.05) is 0 Å². The predicted molar refractivity (Wildman–Crippen MR) is 38.2 cm³/mol. The Balaban J connectivity index is 2.26. The Morgan fingerprint density at radius 2 is 2.00 bits per heavy atom. The van der Waals surface area contributed by atoms with Gasteiger partial charge in [-0.1, -0.05) is 0 Å². The van der Waals surface area contributed by atoms with Crippen molar-refractivity contribution in [2.24, 2.45) is 0 Å². The van der Waals surface area contributed by atoms with E-state index in [-0.39, 0.29) is 12.1 Å². The van der Waals surface area contributed by atoms with E-state index in [4.69, 9.17) is 18.9 Å². The standard InChI is InChI=1S/C7H12O5/c1-4(8)11-7-5(12-7)6(9-2)10-3/h5-7H,1-3H3. The second kappa shape index (κ2) is 3.84. The van der Waals surface area contributed by atoms with E-state index in [9.17, 15) is 4.79 Å². The zero-order valence-corrected chi connectivity index (χ0v) is 7.27. The van der Waals surface area contributed by atoms with Gasteiger partial charge in [0.25, 0.3) is 0 Å². The Morgan fingerprint density at radius 3 is 2.42 bits per heavy atom. The van der Waals surface area contributed by atoms with Crippen molar-refractivity contribution in [2.45, 2.75) is 25.6 Å². The van der Waals surface area contributed by atoms with Gasteiger partial charge in [0.05, 0.1) is 0 Å². The number of esters is 1. The highest BCUT2D eigenvalue weighted by Gasteiger charge is 2.48. The van der Waals surface area contributed by atoms with Crippen LogP contribution in [0.1, 0.15) is 6.92 Å². The monoisotopic (exact) mass is 176 g/mol. The van der Waals surface area contributed by atoms with Crippen molar-refractivity contribution in [3.05, 3.63) is 0 Å². The first kappa shape index (κ1) is 9.44. The molecule has 2 atom stereocenters. The van der Waals surface area contributed by atoms with Gasteiger partial charge in [-0.05, 0) is 0 Å². The van der Waals surface area contributed by atoms with Crippen LogP contribution in [0.3, 0.4) is 0 Å². The van der Waals surface area contributed by atoms with Gasteiger partial charge in [-0.25, -0.2) is 0 Å². The van der Waals surface area contributed by atoms with Crippen LogP contribution in [0, 0.1) is 0 Å². The molecule has 1 saturated heterocycles. The average Bonchev–Trinajstić information content (AvgIpc) is 2.70. The van der Waals surface area contributed by atoms with Crippen molar-refractivity contribution < 1.29 is 23.7 Å². The van der Waals surface area contributed by atoms with E-state index in [2.05, 4.69) is 0 Å². The number of epoxide rings is 1. The summed E-state index contributed by atoms with van der Waals surface area (Å²) in [6.07, 6.45) is -1.26. The predicted octanol–water partition coefficient (Wildman–Crippen LogP) is -0.107. The minimum absolute atomic E-state index is 0.288. The maximum Gasteiger partial charge on any atom is 0.305 e. The van der Waals surface area contributed by atoms with Gasteiger partial charge >= 0.3 is 5.97 Å². The summed E-state index contributed by atoms with van der Waals surface area (Å²) in [5.41, 5.74) is 0. The van der Waals surface area contributed by atoms with Gasteiger partial charge in [0.2, 0.25) is 6.29 Å². The first-order chi connectivity index (χ1) is 5.69. The van der Waals surface area contributed by atoms with E-state index in [1.165, 1.54) is 21.1 Å². The highest BCUT2D eigenvalue weighted by molar-refractivity contribution is 5.66. The quantitative estimate of drug-likeness (QED) is 0.340. The molecule has 5 nitrogen and oxygen atoms in total. The van der Waals surface area contributed by atoms with Crippen molar-refractivity contribution in [1.29, 1.82) is 0 Å². The summed E-state index contributed by atoms with van der Waals surface area (Å²) in [6.45, 7) is 1.33. The van der Waals surface area contributed by atoms with E-state index in [0.717, 1.165) is 0 Å². The lowest BCUT2D eigenvalue weighted by atomic mass is 10.4. The first-order valence-corrected chi connectivity index (χ1v) is 3.57. The van der Waals surface area contributed by atoms with Crippen LogP contribution in [-0.4, -0.2) is 38.9 Å². The number of carbonyl (C=O) groups excluding carboxylic acids is 1. The van der Waals surface area contributed by atoms with Gasteiger partial charge in [-0.15, -0.1) is 0 Å². The number of hydrogen-bond donors (Lipinski definition) is 0. The molecule has 0 aromatic heterocycles. The summed E-state index contributed by atoms with van der Waals surface area (Å²) in [6, 6.07) is 0. The lowest BCUT2D eigenvalue weighted by Gasteiger charge is -2.08. The number of hydrogen-bond acceptors (Lipinski definition) is 5. The second-order valence-electron chi connectivity index (χ2n) is 2.42. The summed E-state index contributed by atoms with van der Waals surface area (Å²) in [5, 5.41) is 0. The summed E-state index contributed by atoms with van der Waals surface area (Å²) in [5.74, 6) is -0.367. The van der Waals surface area contributed by atoms with E-state index in [1.54, 1.807) is 0 Å². The molecule has 0 aromatic rings. The molecule has 0 amide bonds. The summed E-state index contributed by atoms with van der Waals surface area (Å²) in [7, 11) is 3.00. The van der Waals surface area contributed by atoms with Crippen molar-refractivity contribution >= 4 is 5.97 Å². The molecular weight excluding hydrogens is 164 g/mol. The van der Waals surface area contributed by atoms with Gasteiger partial charge in [0.15, 0.2) is 12.4 Å². The second-order valence-corrected chi connectivity index (χ2v) is 2.42. The zero-order chi connectivity index (χ0) is 9.14. The fourth-order valence-electron chi connectivity index (χ4n) is 0.925. The third kappa shape index (κ3) is 2.17. The highest BCUT2D eigenvalue weighted by atomic mass is 16.8. The number of methoxy groups -OCH3 is 2. The third-order valence-electron chi connectivity index (χ3n) is 1.50. The maximum absolute atomic E-state index is 10.5. The molecule has 12 heavy (non-hydrogen) atoms. The Morgan fingerprint density at radius 1 is 1.42 bits per heavy atom. The molecule has 1 heterocycles. The van der Waals surface area contributed by atoms with Crippen molar-refractivity contribution in [3.63, 3.8) is 0 Å². The number of carbonyl (C=O) groups is 1. The van der Waals surface area contributed by atoms with Crippen LogP contribution in [-0.2, 0) is 23.7 Å². The normalized spacial score (nSPS) is 27.3. The first-order valence-electron chi connectivity index (χ1n) is 3.57. The van der Waals surface area contributed by atoms with Crippen LogP contribution in [0.2, 0.25) is 0 Å². The molecule has 70 valence electrons. The summed E-state index contributed by atoms with van der Waals surface area (Å²) >= 11 is 0. The molecule has 2 unspecified atom stereocenters. The molecule has 5 heteroatoms. The van der Waals surface area contributed by atoms with E-state index >= 15 is 0 Å². The van der Waals surface area contributed by atoms with Crippen LogP contribution in [0.5, 0.6) is 0 Å². The van der Waals surface area contributed by atoms with Crippen LogP contribution >= 0.6 is 0 Å². The van der Waals surface area contributed by atoms with Crippen LogP contribution in [0.4, 0.5) is 0 Å². The fourth-order valence-corrected chi connectivity index (χ4v) is 0.925. The van der Waals surface area contributed by atoms with Crippen molar-refractivity contribution in [3.8, 4) is 0 Å². The van der Waals surface area contributed by atoms with Gasteiger partial charge in [0.1, 0.15) is 0 Å². The minimum atomic E-state index is -0.507. The van der Waals surface area contributed by atoms with Crippen LogP contribution in [0.15, 0.2) is 0 Å². The van der Waals surface area contributed by atoms with Crippen LogP contribution in [0.25, 0.3) is 0 Å². The summed E-state index contributed by atoms with van der Waals surface area (Å²) < 4.78 is 19.5. The largest absolute Gasteiger partial charge is 0.433 e. The zero-order valence-electron chi connectivity index (χ0n) is 7.27. The average molecular weight is 176 g/mol. The number of rotatable bonds is 4. The lowest BCUT2D eigenvalue weighted by Crippen LogP contribution is -2.23. The van der Waals surface area contributed by atoms with Crippen LogP contribution < -0.4 is 0 Å². The van der Waals surface area contributed by atoms with Gasteiger partial charge in [-0.2, -0.15) is 0 Å². The highest BCUT2D eigenvalue weighted by Crippen LogP contribution is 2.28. The lowest BCUT2D eigenvalue weighted by molar-refractivity contribution is -0.146. The smallest absolute Gasteiger partial charge is 0.305 e. The van der Waals surface area contributed by atoms with Gasteiger partial charge in [0, 0.05) is 21.1 Å². The molecule has 1 aliphatic rings. The molecule has 1 rings (SSSR count). The third-order valence-corrected chi connectivity index (χ3v) is 1.50. The van der Waals surface area contributed by atoms with Gasteiger partial charge in [-0.3, -0.25) is 4.79 Å². The summed E-state index contributed by atoms with van der Waals surface area (Å²) in [4.78, 5) is 10.5. The molecule has 0 N–H and O–H groups in total. The maximum atomic E-state index is 10.5. The van der Waals surface area contributed by atoms with E-state index < -0.39 is 12.6 Å². The molecule has 1 fully saturated rings. The Labute approximate surface area is 70.5 Å². The van der Waals surface area contributed by atoms with Crippen molar-refractivity contribution in [1.82, 2.24) is 0 Å². The van der Waals surface area contributed by atoms with E-state index in [0.29, 0.717) is 0 Å². The molecule has 0 aliphatic carbocycles. The van der Waals surface area contributed by atoms with Gasteiger partial charge < -0.3 is 18.9 Å². The molecular formula is C7H12O5. The SMILES string of the molecule is COC(OC)C1OC1OC(C)=O. The Bertz CT molecular complexity index is 165. The Kier molecular flexibility index (Phi) is 3.02. The van der Waals surface area contributed by atoms with Crippen molar-refractivity contribution in [2.75, 3.05) is 14.2 Å². The minimum Gasteiger partial charge on any atom is -0.433 e. The molecule has 0 saturated carbocycles. The number of ether oxygens (including phenoxy) is 4. The molecule has 0 bridgehead atoms. The molecule has 0 aromatic carbocycles. The molecule has 0 spiro atoms. The molecule has 0 radical (unpaired) electrons. The topological polar surface area (TPSA) is 57.3 Å².